The van der Waals surface area contributed by atoms with Crippen LogP contribution in [0.2, 0.25) is 0 Å². The van der Waals surface area contributed by atoms with E-state index in [9.17, 15) is 13.2 Å². The van der Waals surface area contributed by atoms with Gasteiger partial charge in [-0.3, -0.25) is 4.79 Å². The number of hydrogen-bond acceptors (Lipinski definition) is 5. The molecule has 2 N–H and O–H groups in total. The first-order valence-corrected chi connectivity index (χ1v) is 9.51. The van der Waals surface area contributed by atoms with Gasteiger partial charge < -0.3 is 10.6 Å². The molecule has 7 nitrogen and oxygen atoms in total. The number of para-hydroxylation sites is 1. The zero-order chi connectivity index (χ0) is 18.7. The normalized spacial score (nSPS) is 15.4. The largest absolute Gasteiger partial charge is 0.368 e. The average Bonchev–Trinajstić information content (AvgIpc) is 2.68. The highest BCUT2D eigenvalue weighted by molar-refractivity contribution is 7.89. The zero-order valence-electron chi connectivity index (χ0n) is 14.0. The molecule has 2 aromatic carbocycles. The van der Waals surface area contributed by atoms with Crippen molar-refractivity contribution < 1.29 is 13.2 Å². The van der Waals surface area contributed by atoms with E-state index >= 15 is 0 Å². The number of piperazine rings is 1. The van der Waals surface area contributed by atoms with Gasteiger partial charge in [0.25, 0.3) is 5.91 Å². The summed E-state index contributed by atoms with van der Waals surface area (Å²) in [5.74, 6) is -0.510. The molecule has 134 valence electrons. The van der Waals surface area contributed by atoms with E-state index in [4.69, 9.17) is 11.0 Å². The molecular weight excluding hydrogens is 352 g/mol. The van der Waals surface area contributed by atoms with Crippen LogP contribution in [0.3, 0.4) is 0 Å². The standard InChI is InChI=1S/C18H18N4O3S/c19-13-14-4-3-5-15(12-14)26(24,25)22-10-8-21(9-11-22)17-7-2-1-6-16(17)18(20)23/h1-7,12H,8-11H2,(H2,20,23). The van der Waals surface area contributed by atoms with E-state index in [-0.39, 0.29) is 18.0 Å². The Morgan fingerprint density at radius 1 is 1.04 bits per heavy atom. The molecule has 1 saturated heterocycles. The molecule has 2 aromatic rings. The number of rotatable bonds is 4. The van der Waals surface area contributed by atoms with Crippen LogP contribution in [0.5, 0.6) is 0 Å². The summed E-state index contributed by atoms with van der Waals surface area (Å²) in [6.07, 6.45) is 0. The Hall–Kier alpha value is -2.89. The van der Waals surface area contributed by atoms with Gasteiger partial charge in [0.05, 0.1) is 22.1 Å². The Morgan fingerprint density at radius 3 is 2.38 bits per heavy atom. The smallest absolute Gasteiger partial charge is 0.250 e. The SMILES string of the molecule is N#Cc1cccc(S(=O)(=O)N2CCN(c3ccccc3C(N)=O)CC2)c1. The molecule has 1 amide bonds. The van der Waals surface area contributed by atoms with Crippen LogP contribution in [0.4, 0.5) is 5.69 Å². The van der Waals surface area contributed by atoms with Crippen LogP contribution >= 0.6 is 0 Å². The summed E-state index contributed by atoms with van der Waals surface area (Å²) in [6, 6.07) is 15.0. The van der Waals surface area contributed by atoms with Crippen LogP contribution in [-0.2, 0) is 10.0 Å². The number of hydrogen-bond donors (Lipinski definition) is 1. The Morgan fingerprint density at radius 2 is 1.73 bits per heavy atom. The summed E-state index contributed by atoms with van der Waals surface area (Å²) < 4.78 is 27.0. The maximum absolute atomic E-state index is 12.8. The molecule has 1 heterocycles. The van der Waals surface area contributed by atoms with Crippen molar-refractivity contribution in [3.8, 4) is 6.07 Å². The molecule has 0 spiro atoms. The van der Waals surface area contributed by atoms with Gasteiger partial charge in [-0.1, -0.05) is 18.2 Å². The third-order valence-electron chi connectivity index (χ3n) is 4.35. The third-order valence-corrected chi connectivity index (χ3v) is 6.24. The van der Waals surface area contributed by atoms with Gasteiger partial charge in [-0.15, -0.1) is 0 Å². The highest BCUT2D eigenvalue weighted by Gasteiger charge is 2.29. The number of anilines is 1. The van der Waals surface area contributed by atoms with Crippen molar-refractivity contribution in [2.24, 2.45) is 5.73 Å². The lowest BCUT2D eigenvalue weighted by molar-refractivity contribution is 0.100. The van der Waals surface area contributed by atoms with Crippen molar-refractivity contribution in [2.45, 2.75) is 4.90 Å². The molecule has 8 heteroatoms. The molecule has 0 atom stereocenters. The second-order valence-corrected chi connectivity index (χ2v) is 7.85. The summed E-state index contributed by atoms with van der Waals surface area (Å²) >= 11 is 0. The highest BCUT2D eigenvalue weighted by atomic mass is 32.2. The summed E-state index contributed by atoms with van der Waals surface area (Å²) in [4.78, 5) is 13.7. The fourth-order valence-corrected chi connectivity index (χ4v) is 4.47. The van der Waals surface area contributed by atoms with Crippen molar-refractivity contribution >= 4 is 21.6 Å². The van der Waals surface area contributed by atoms with Crippen molar-refractivity contribution in [1.29, 1.82) is 5.26 Å². The molecule has 1 fully saturated rings. The molecule has 0 bridgehead atoms. The van der Waals surface area contributed by atoms with Gasteiger partial charge in [0.15, 0.2) is 0 Å². The molecule has 26 heavy (non-hydrogen) atoms. The predicted molar refractivity (Wildman–Crippen MR) is 97.1 cm³/mol. The van der Waals surface area contributed by atoms with E-state index in [2.05, 4.69) is 0 Å². The molecule has 0 aromatic heterocycles. The summed E-state index contributed by atoms with van der Waals surface area (Å²) in [5.41, 5.74) is 6.86. The number of nitrogens with two attached hydrogens (primary N) is 1. The van der Waals surface area contributed by atoms with E-state index in [0.717, 1.165) is 0 Å². The van der Waals surface area contributed by atoms with E-state index in [1.54, 1.807) is 30.3 Å². The van der Waals surface area contributed by atoms with Crippen molar-refractivity contribution in [2.75, 3.05) is 31.1 Å². The van der Waals surface area contributed by atoms with Crippen LogP contribution in [0.15, 0.2) is 53.4 Å². The number of nitriles is 1. The lowest BCUT2D eigenvalue weighted by Gasteiger charge is -2.36. The second kappa shape index (κ2) is 7.15. The predicted octanol–water partition coefficient (Wildman–Crippen LogP) is 1.17. The number of carbonyl (C=O) groups is 1. The number of primary amides is 1. The molecular formula is C18H18N4O3S. The highest BCUT2D eigenvalue weighted by Crippen LogP contribution is 2.24. The first-order chi connectivity index (χ1) is 12.4. The van der Waals surface area contributed by atoms with Gasteiger partial charge in [0.1, 0.15) is 0 Å². The van der Waals surface area contributed by atoms with Crippen molar-refractivity contribution in [3.05, 3.63) is 59.7 Å². The first kappa shape index (κ1) is 17.9. The maximum Gasteiger partial charge on any atom is 0.250 e. The van der Waals surface area contributed by atoms with E-state index < -0.39 is 15.9 Å². The van der Waals surface area contributed by atoms with Gasteiger partial charge in [-0.25, -0.2) is 8.42 Å². The minimum atomic E-state index is -3.66. The molecule has 0 radical (unpaired) electrons. The Labute approximate surface area is 152 Å². The van der Waals surface area contributed by atoms with Gasteiger partial charge >= 0.3 is 0 Å². The topological polar surface area (TPSA) is 108 Å². The minimum absolute atomic E-state index is 0.113. The van der Waals surface area contributed by atoms with Crippen LogP contribution in [-0.4, -0.2) is 44.8 Å². The number of sulfonamides is 1. The maximum atomic E-state index is 12.8. The Bertz CT molecular complexity index is 974. The first-order valence-electron chi connectivity index (χ1n) is 8.07. The summed E-state index contributed by atoms with van der Waals surface area (Å²) in [6.45, 7) is 1.46. The molecule has 3 rings (SSSR count). The fraction of sp³-hybridized carbons (Fsp3) is 0.222. The van der Waals surface area contributed by atoms with Crippen LogP contribution in [0.1, 0.15) is 15.9 Å². The lowest BCUT2D eigenvalue weighted by Crippen LogP contribution is -2.49. The third kappa shape index (κ3) is 3.40. The van der Waals surface area contributed by atoms with Gasteiger partial charge in [0, 0.05) is 31.9 Å². The molecule has 0 unspecified atom stereocenters. The zero-order valence-corrected chi connectivity index (χ0v) is 14.8. The van der Waals surface area contributed by atoms with Crippen LogP contribution in [0.25, 0.3) is 0 Å². The quantitative estimate of drug-likeness (QED) is 0.869. The van der Waals surface area contributed by atoms with Gasteiger partial charge in [-0.2, -0.15) is 9.57 Å². The summed E-state index contributed by atoms with van der Waals surface area (Å²) in [5, 5.41) is 8.97. The Balaban J connectivity index is 1.78. The average molecular weight is 370 g/mol. The monoisotopic (exact) mass is 370 g/mol. The Kier molecular flexibility index (Phi) is 4.93. The summed E-state index contributed by atoms with van der Waals surface area (Å²) in [7, 11) is -3.66. The van der Waals surface area contributed by atoms with Crippen LogP contribution < -0.4 is 10.6 Å². The molecule has 1 aliphatic rings. The van der Waals surface area contributed by atoms with E-state index in [1.807, 2.05) is 17.0 Å². The fourth-order valence-electron chi connectivity index (χ4n) is 3.00. The molecule has 1 aliphatic heterocycles. The van der Waals surface area contributed by atoms with Crippen molar-refractivity contribution in [3.63, 3.8) is 0 Å². The van der Waals surface area contributed by atoms with E-state index in [1.165, 1.54) is 16.4 Å². The number of benzene rings is 2. The lowest BCUT2D eigenvalue weighted by atomic mass is 10.1. The van der Waals surface area contributed by atoms with Gasteiger partial charge in [0.2, 0.25) is 10.0 Å². The minimum Gasteiger partial charge on any atom is -0.368 e. The van der Waals surface area contributed by atoms with Crippen LogP contribution in [0, 0.1) is 11.3 Å². The molecule has 0 saturated carbocycles. The number of carbonyl (C=O) groups excluding carboxylic acids is 1. The van der Waals surface area contributed by atoms with Crippen molar-refractivity contribution in [1.82, 2.24) is 4.31 Å². The number of amides is 1. The van der Waals surface area contributed by atoms with E-state index in [0.29, 0.717) is 29.9 Å². The van der Waals surface area contributed by atoms with Gasteiger partial charge in [-0.05, 0) is 30.3 Å². The second-order valence-electron chi connectivity index (χ2n) is 5.91. The molecule has 0 aliphatic carbocycles. The number of nitrogens with zero attached hydrogens (tertiary/aromatic N) is 3.